The Morgan fingerprint density at radius 2 is 1.48 bits per heavy atom. The summed E-state index contributed by atoms with van der Waals surface area (Å²) >= 11 is 0. The Balaban J connectivity index is 1.97. The minimum atomic E-state index is -0.488. The van der Waals surface area contributed by atoms with Crippen molar-refractivity contribution in [3.8, 4) is 22.6 Å². The Bertz CT molecular complexity index is 1110. The lowest BCUT2D eigenvalue weighted by Crippen LogP contribution is -2.02. The molecule has 23 heavy (non-hydrogen) atoms. The van der Waals surface area contributed by atoms with E-state index < -0.39 is 5.63 Å². The second-order valence-corrected chi connectivity index (χ2v) is 5.39. The zero-order chi connectivity index (χ0) is 16.0. The predicted octanol–water partition coefficient (Wildman–Crippen LogP) is 4.02. The highest BCUT2D eigenvalue weighted by Crippen LogP contribution is 2.31. The highest BCUT2D eigenvalue weighted by atomic mass is 16.4. The Kier molecular flexibility index (Phi) is 2.84. The number of phenolic OH excluding ortho intramolecular Hbond substituents is 2. The van der Waals surface area contributed by atoms with Gasteiger partial charge in [-0.25, -0.2) is 4.79 Å². The van der Waals surface area contributed by atoms with Gasteiger partial charge < -0.3 is 14.6 Å². The van der Waals surface area contributed by atoms with Crippen LogP contribution in [-0.2, 0) is 0 Å². The van der Waals surface area contributed by atoms with Crippen molar-refractivity contribution in [1.29, 1.82) is 0 Å². The van der Waals surface area contributed by atoms with Crippen LogP contribution in [0.3, 0.4) is 0 Å². The SMILES string of the molecule is O=c1oc2cc(O)c(O)cc2cc1-c1ccc2ccccc2c1. The average Bonchev–Trinajstić information content (AvgIpc) is 2.55. The van der Waals surface area contributed by atoms with Crippen LogP contribution in [0.4, 0.5) is 0 Å². The third kappa shape index (κ3) is 2.21. The third-order valence-electron chi connectivity index (χ3n) is 3.89. The van der Waals surface area contributed by atoms with E-state index in [-0.39, 0.29) is 17.1 Å². The minimum Gasteiger partial charge on any atom is -0.504 e. The molecule has 4 aromatic rings. The summed E-state index contributed by atoms with van der Waals surface area (Å²) in [5, 5.41) is 21.8. The van der Waals surface area contributed by atoms with Crippen LogP contribution in [0.15, 0.2) is 69.9 Å². The Labute approximate surface area is 130 Å². The number of hydrogen-bond donors (Lipinski definition) is 2. The first-order valence-electron chi connectivity index (χ1n) is 7.11. The van der Waals surface area contributed by atoms with Crippen LogP contribution in [0, 0.1) is 0 Å². The lowest BCUT2D eigenvalue weighted by Gasteiger charge is -2.05. The van der Waals surface area contributed by atoms with Crippen molar-refractivity contribution in [1.82, 2.24) is 0 Å². The molecule has 3 aromatic carbocycles. The molecular formula is C19H12O4. The molecule has 0 radical (unpaired) electrons. The molecule has 4 heteroatoms. The summed E-state index contributed by atoms with van der Waals surface area (Å²) in [4.78, 5) is 12.3. The van der Waals surface area contributed by atoms with Crippen molar-refractivity contribution in [2.75, 3.05) is 0 Å². The Hall–Kier alpha value is -3.27. The second kappa shape index (κ2) is 4.88. The van der Waals surface area contributed by atoms with Gasteiger partial charge in [0.1, 0.15) is 5.58 Å². The molecule has 4 nitrogen and oxygen atoms in total. The number of hydrogen-bond acceptors (Lipinski definition) is 4. The smallest absolute Gasteiger partial charge is 0.344 e. The lowest BCUT2D eigenvalue weighted by molar-refractivity contribution is 0.403. The van der Waals surface area contributed by atoms with Crippen molar-refractivity contribution in [3.63, 3.8) is 0 Å². The summed E-state index contributed by atoms with van der Waals surface area (Å²) in [7, 11) is 0. The van der Waals surface area contributed by atoms with Crippen molar-refractivity contribution in [2.45, 2.75) is 0 Å². The van der Waals surface area contributed by atoms with Crippen molar-refractivity contribution in [2.24, 2.45) is 0 Å². The number of rotatable bonds is 1. The van der Waals surface area contributed by atoms with Crippen LogP contribution >= 0.6 is 0 Å². The molecule has 0 aliphatic rings. The molecule has 0 amide bonds. The van der Waals surface area contributed by atoms with Crippen LogP contribution in [0.25, 0.3) is 32.9 Å². The molecule has 0 aliphatic heterocycles. The topological polar surface area (TPSA) is 70.7 Å². The van der Waals surface area contributed by atoms with Gasteiger partial charge in [0.05, 0.1) is 5.56 Å². The van der Waals surface area contributed by atoms with Gasteiger partial charge in [-0.1, -0.05) is 36.4 Å². The van der Waals surface area contributed by atoms with Gasteiger partial charge >= 0.3 is 5.63 Å². The lowest BCUT2D eigenvalue weighted by atomic mass is 10.0. The molecule has 1 heterocycles. The largest absolute Gasteiger partial charge is 0.504 e. The average molecular weight is 304 g/mol. The molecule has 4 rings (SSSR count). The van der Waals surface area contributed by atoms with Crippen LogP contribution in [0.1, 0.15) is 0 Å². The van der Waals surface area contributed by atoms with E-state index >= 15 is 0 Å². The van der Waals surface area contributed by atoms with Gasteiger partial charge in [0.25, 0.3) is 0 Å². The summed E-state index contributed by atoms with van der Waals surface area (Å²) in [5.41, 5.74) is 0.896. The normalized spacial score (nSPS) is 11.1. The maximum atomic E-state index is 12.3. The van der Waals surface area contributed by atoms with Gasteiger partial charge in [0.15, 0.2) is 11.5 Å². The van der Waals surface area contributed by atoms with Crippen LogP contribution in [-0.4, -0.2) is 10.2 Å². The molecule has 0 aliphatic carbocycles. The molecular weight excluding hydrogens is 292 g/mol. The first-order valence-corrected chi connectivity index (χ1v) is 7.11. The molecule has 0 atom stereocenters. The van der Waals surface area contributed by atoms with Crippen molar-refractivity contribution in [3.05, 3.63) is 71.1 Å². The summed E-state index contributed by atoms with van der Waals surface area (Å²) in [6, 6.07) is 17.9. The Morgan fingerprint density at radius 1 is 0.739 bits per heavy atom. The monoisotopic (exact) mass is 304 g/mol. The molecule has 0 bridgehead atoms. The van der Waals surface area contributed by atoms with E-state index in [2.05, 4.69) is 0 Å². The maximum absolute atomic E-state index is 12.3. The second-order valence-electron chi connectivity index (χ2n) is 5.39. The van der Waals surface area contributed by atoms with Crippen LogP contribution in [0.5, 0.6) is 11.5 Å². The number of phenols is 2. The predicted molar refractivity (Wildman–Crippen MR) is 88.8 cm³/mol. The zero-order valence-corrected chi connectivity index (χ0v) is 12.0. The number of benzene rings is 3. The first kappa shape index (κ1) is 13.4. The number of fused-ring (bicyclic) bond motifs is 2. The molecule has 2 N–H and O–H groups in total. The van der Waals surface area contributed by atoms with E-state index in [1.807, 2.05) is 42.5 Å². The van der Waals surface area contributed by atoms with Crippen LogP contribution in [0.2, 0.25) is 0 Å². The highest BCUT2D eigenvalue weighted by Gasteiger charge is 2.11. The standard InChI is InChI=1S/C19H12O4/c20-16-9-14-8-15(19(22)23-18(14)10-17(16)21)13-6-5-11-3-1-2-4-12(11)7-13/h1-10,20-21H. The van der Waals surface area contributed by atoms with Gasteiger partial charge in [-0.3, -0.25) is 0 Å². The molecule has 0 spiro atoms. The zero-order valence-electron chi connectivity index (χ0n) is 12.0. The molecule has 0 fully saturated rings. The van der Waals surface area contributed by atoms with Gasteiger partial charge in [-0.05, 0) is 34.5 Å². The van der Waals surface area contributed by atoms with E-state index in [0.717, 1.165) is 16.3 Å². The van der Waals surface area contributed by atoms with Gasteiger partial charge in [0.2, 0.25) is 0 Å². The fraction of sp³-hybridized carbons (Fsp3) is 0. The third-order valence-corrected chi connectivity index (χ3v) is 3.89. The summed E-state index contributed by atoms with van der Waals surface area (Å²) in [6.45, 7) is 0. The van der Waals surface area contributed by atoms with Crippen molar-refractivity contribution < 1.29 is 14.6 Å². The van der Waals surface area contributed by atoms with Gasteiger partial charge in [-0.2, -0.15) is 0 Å². The van der Waals surface area contributed by atoms with E-state index in [0.29, 0.717) is 10.9 Å². The summed E-state index contributed by atoms with van der Waals surface area (Å²) < 4.78 is 5.27. The van der Waals surface area contributed by atoms with Gasteiger partial charge in [-0.15, -0.1) is 0 Å². The number of aromatic hydroxyl groups is 2. The quantitative estimate of drug-likeness (QED) is 0.411. The summed E-state index contributed by atoms with van der Waals surface area (Å²) in [5.74, 6) is -0.574. The first-order chi connectivity index (χ1) is 11.1. The molecule has 0 unspecified atom stereocenters. The van der Waals surface area contributed by atoms with E-state index in [4.69, 9.17) is 4.42 Å². The molecule has 0 saturated heterocycles. The minimum absolute atomic E-state index is 0.231. The fourth-order valence-corrected chi connectivity index (χ4v) is 2.70. The van der Waals surface area contributed by atoms with E-state index in [9.17, 15) is 15.0 Å². The fourth-order valence-electron chi connectivity index (χ4n) is 2.70. The van der Waals surface area contributed by atoms with Gasteiger partial charge in [0, 0.05) is 11.5 Å². The molecule has 0 saturated carbocycles. The highest BCUT2D eigenvalue weighted by molar-refractivity contribution is 5.89. The van der Waals surface area contributed by atoms with E-state index in [1.54, 1.807) is 6.07 Å². The molecule has 1 aromatic heterocycles. The maximum Gasteiger partial charge on any atom is 0.344 e. The van der Waals surface area contributed by atoms with E-state index in [1.165, 1.54) is 12.1 Å². The molecule has 112 valence electrons. The summed E-state index contributed by atoms with van der Waals surface area (Å²) in [6.07, 6.45) is 0. The van der Waals surface area contributed by atoms with Crippen LogP contribution < -0.4 is 5.63 Å². The Morgan fingerprint density at radius 3 is 2.30 bits per heavy atom. The van der Waals surface area contributed by atoms with Crippen molar-refractivity contribution >= 4 is 21.7 Å².